The summed E-state index contributed by atoms with van der Waals surface area (Å²) in [6.07, 6.45) is -4.05. The first-order valence-electron chi connectivity index (χ1n) is 11.9. The van der Waals surface area contributed by atoms with Crippen LogP contribution in [0, 0.1) is 0 Å². The number of carbonyl (C=O) groups is 1. The zero-order valence-corrected chi connectivity index (χ0v) is 21.8. The molecule has 3 aromatic rings. The van der Waals surface area contributed by atoms with Crippen molar-refractivity contribution in [3.05, 3.63) is 86.3 Å². The van der Waals surface area contributed by atoms with E-state index in [-0.39, 0.29) is 30.6 Å². The fraction of sp³-hybridized carbons (Fsp3) is 0.346. The second-order valence-electron chi connectivity index (χ2n) is 9.12. The summed E-state index contributed by atoms with van der Waals surface area (Å²) in [7, 11) is 3.35. The molecule has 1 atom stereocenters. The van der Waals surface area contributed by atoms with Gasteiger partial charge in [0.25, 0.3) is 11.5 Å². The highest BCUT2D eigenvalue weighted by Gasteiger charge is 2.30. The minimum absolute atomic E-state index is 0.0898. The standard InChI is InChI=1S/C26H27ClF3N5O3/c1-16(17-4-6-18(7-5-17)26(28,29)30)31-25-32-22-12-13-34(14-21(22)24(37)35(25)33(2)3)23(36)15-38-20-10-8-19(27)9-11-20/h4-11,16H,12-15H2,1-3H3,(H,31,32). The molecule has 1 amide bonds. The molecule has 8 nitrogen and oxygen atoms in total. The lowest BCUT2D eigenvalue weighted by Gasteiger charge is -2.30. The number of rotatable bonds is 7. The summed E-state index contributed by atoms with van der Waals surface area (Å²) in [6, 6.07) is 11.1. The van der Waals surface area contributed by atoms with Crippen molar-refractivity contribution in [3.63, 3.8) is 0 Å². The summed E-state index contributed by atoms with van der Waals surface area (Å²) < 4.78 is 45.7. The molecule has 1 aliphatic heterocycles. The van der Waals surface area contributed by atoms with E-state index >= 15 is 0 Å². The summed E-state index contributed by atoms with van der Waals surface area (Å²) in [5.74, 6) is 0.506. The Hall–Kier alpha value is -3.73. The number of anilines is 1. The van der Waals surface area contributed by atoms with Gasteiger partial charge in [0.15, 0.2) is 6.61 Å². The van der Waals surface area contributed by atoms with E-state index in [9.17, 15) is 22.8 Å². The van der Waals surface area contributed by atoms with Crippen LogP contribution in [-0.4, -0.2) is 47.7 Å². The Morgan fingerprint density at radius 2 is 1.82 bits per heavy atom. The monoisotopic (exact) mass is 549 g/mol. The molecule has 202 valence electrons. The van der Waals surface area contributed by atoms with Crippen molar-refractivity contribution in [1.29, 1.82) is 0 Å². The molecule has 12 heteroatoms. The highest BCUT2D eigenvalue weighted by atomic mass is 35.5. The summed E-state index contributed by atoms with van der Waals surface area (Å²) in [6.45, 7) is 2.04. The van der Waals surface area contributed by atoms with E-state index in [0.717, 1.165) is 12.1 Å². The fourth-order valence-corrected chi connectivity index (χ4v) is 4.27. The van der Waals surface area contributed by atoms with Crippen molar-refractivity contribution in [3.8, 4) is 5.75 Å². The number of aromatic nitrogens is 2. The van der Waals surface area contributed by atoms with Crippen molar-refractivity contribution in [1.82, 2.24) is 14.6 Å². The van der Waals surface area contributed by atoms with Gasteiger partial charge in [-0.15, -0.1) is 0 Å². The first kappa shape index (κ1) is 27.3. The number of carbonyl (C=O) groups excluding carboxylic acids is 1. The predicted molar refractivity (Wildman–Crippen MR) is 138 cm³/mol. The van der Waals surface area contributed by atoms with E-state index in [1.807, 2.05) is 0 Å². The lowest BCUT2D eigenvalue weighted by Crippen LogP contribution is -2.46. The average molecular weight is 550 g/mol. The second-order valence-corrected chi connectivity index (χ2v) is 9.55. The molecule has 38 heavy (non-hydrogen) atoms. The summed E-state index contributed by atoms with van der Waals surface area (Å²) in [5.41, 5.74) is 0.504. The minimum atomic E-state index is -4.42. The molecular formula is C26H27ClF3N5O3. The van der Waals surface area contributed by atoms with E-state index in [0.29, 0.717) is 40.6 Å². The Labute approximate surface area is 222 Å². The Kier molecular flexibility index (Phi) is 7.86. The van der Waals surface area contributed by atoms with E-state index < -0.39 is 17.8 Å². The van der Waals surface area contributed by atoms with Gasteiger partial charge < -0.3 is 20.0 Å². The maximum atomic E-state index is 13.5. The number of amides is 1. The van der Waals surface area contributed by atoms with Crippen LogP contribution in [0.3, 0.4) is 0 Å². The van der Waals surface area contributed by atoms with Gasteiger partial charge in [-0.3, -0.25) is 9.59 Å². The highest BCUT2D eigenvalue weighted by Crippen LogP contribution is 2.30. The van der Waals surface area contributed by atoms with E-state index in [4.69, 9.17) is 16.3 Å². The predicted octanol–water partition coefficient (Wildman–Crippen LogP) is 4.25. The van der Waals surface area contributed by atoms with Gasteiger partial charge in [0, 0.05) is 32.1 Å². The molecule has 1 N–H and O–H groups in total. The molecule has 0 bridgehead atoms. The van der Waals surface area contributed by atoms with Gasteiger partial charge in [-0.05, 0) is 48.9 Å². The van der Waals surface area contributed by atoms with Gasteiger partial charge in [0.1, 0.15) is 5.75 Å². The number of ether oxygens (including phenoxy) is 1. The van der Waals surface area contributed by atoms with Crippen LogP contribution in [0.15, 0.2) is 53.3 Å². The maximum absolute atomic E-state index is 13.5. The molecule has 2 heterocycles. The Bertz CT molecular complexity index is 1360. The first-order valence-corrected chi connectivity index (χ1v) is 12.2. The lowest BCUT2D eigenvalue weighted by atomic mass is 10.1. The van der Waals surface area contributed by atoms with Crippen LogP contribution in [0.4, 0.5) is 19.1 Å². The Morgan fingerprint density at radius 3 is 2.42 bits per heavy atom. The normalized spacial score (nSPS) is 14.0. The largest absolute Gasteiger partial charge is 0.484 e. The number of fused-ring (bicyclic) bond motifs is 1. The zero-order valence-electron chi connectivity index (χ0n) is 21.1. The zero-order chi connectivity index (χ0) is 27.6. The van der Waals surface area contributed by atoms with Gasteiger partial charge in [0.05, 0.1) is 29.4 Å². The number of hydrogen-bond donors (Lipinski definition) is 1. The molecule has 4 rings (SSSR count). The van der Waals surface area contributed by atoms with E-state index in [1.165, 1.54) is 16.8 Å². The second kappa shape index (κ2) is 10.9. The van der Waals surface area contributed by atoms with Crippen LogP contribution in [0.5, 0.6) is 5.75 Å². The third-order valence-electron chi connectivity index (χ3n) is 6.22. The van der Waals surface area contributed by atoms with Gasteiger partial charge in [0.2, 0.25) is 5.95 Å². The number of hydrogen-bond acceptors (Lipinski definition) is 6. The molecule has 1 aromatic heterocycles. The van der Waals surface area contributed by atoms with Crippen LogP contribution in [0.25, 0.3) is 0 Å². The molecule has 2 aromatic carbocycles. The maximum Gasteiger partial charge on any atom is 0.416 e. The first-order chi connectivity index (χ1) is 17.9. The third-order valence-corrected chi connectivity index (χ3v) is 6.47. The SMILES string of the molecule is CC(Nc1nc2c(c(=O)n1N(C)C)CN(C(=O)COc1ccc(Cl)cc1)CC2)c1ccc(C(F)(F)F)cc1. The highest BCUT2D eigenvalue weighted by molar-refractivity contribution is 6.30. The topological polar surface area (TPSA) is 79.7 Å². The lowest BCUT2D eigenvalue weighted by molar-refractivity contribution is -0.137. The molecule has 0 fully saturated rings. The quantitative estimate of drug-likeness (QED) is 0.475. The molecule has 0 aliphatic carbocycles. The van der Waals surface area contributed by atoms with Gasteiger partial charge in [-0.25, -0.2) is 4.98 Å². The van der Waals surface area contributed by atoms with Crippen molar-refractivity contribution in [2.75, 3.05) is 37.6 Å². The third kappa shape index (κ3) is 6.04. The molecular weight excluding hydrogens is 523 g/mol. The minimum Gasteiger partial charge on any atom is -0.484 e. The molecule has 1 unspecified atom stereocenters. The van der Waals surface area contributed by atoms with Crippen molar-refractivity contribution in [2.24, 2.45) is 0 Å². The van der Waals surface area contributed by atoms with Crippen molar-refractivity contribution >= 4 is 23.5 Å². The van der Waals surface area contributed by atoms with Gasteiger partial charge >= 0.3 is 6.18 Å². The average Bonchev–Trinajstić information content (AvgIpc) is 2.87. The van der Waals surface area contributed by atoms with Crippen LogP contribution in [-0.2, 0) is 23.9 Å². The summed E-state index contributed by atoms with van der Waals surface area (Å²) in [4.78, 5) is 32.5. The number of nitrogens with one attached hydrogen (secondary N) is 1. The van der Waals surface area contributed by atoms with Crippen LogP contribution >= 0.6 is 11.6 Å². The summed E-state index contributed by atoms with van der Waals surface area (Å²) >= 11 is 5.87. The van der Waals surface area contributed by atoms with Crippen molar-refractivity contribution in [2.45, 2.75) is 32.1 Å². The van der Waals surface area contributed by atoms with Crippen LogP contribution in [0.2, 0.25) is 5.02 Å². The summed E-state index contributed by atoms with van der Waals surface area (Å²) in [5, 5.41) is 5.27. The number of benzene rings is 2. The van der Waals surface area contributed by atoms with Gasteiger partial charge in [-0.1, -0.05) is 23.7 Å². The molecule has 0 spiro atoms. The fourth-order valence-electron chi connectivity index (χ4n) is 4.15. The smallest absolute Gasteiger partial charge is 0.416 e. The van der Waals surface area contributed by atoms with E-state index in [1.54, 1.807) is 55.2 Å². The van der Waals surface area contributed by atoms with Crippen molar-refractivity contribution < 1.29 is 22.7 Å². The van der Waals surface area contributed by atoms with E-state index in [2.05, 4.69) is 10.3 Å². The van der Waals surface area contributed by atoms with Gasteiger partial charge in [-0.2, -0.15) is 17.8 Å². The molecule has 1 aliphatic rings. The number of nitrogens with zero attached hydrogens (tertiary/aromatic N) is 4. The number of alkyl halides is 3. The van der Waals surface area contributed by atoms with Crippen LogP contribution < -0.4 is 20.6 Å². The molecule has 0 saturated heterocycles. The van der Waals surface area contributed by atoms with Crippen LogP contribution in [0.1, 0.15) is 35.3 Å². The molecule has 0 saturated carbocycles. The Balaban J connectivity index is 1.51. The Morgan fingerprint density at radius 1 is 1.16 bits per heavy atom. The number of halogens is 4. The molecule has 0 radical (unpaired) electrons.